The van der Waals surface area contributed by atoms with Crippen LogP contribution in [0.4, 0.5) is 10.2 Å². The van der Waals surface area contributed by atoms with Gasteiger partial charge in [-0.1, -0.05) is 0 Å². The van der Waals surface area contributed by atoms with Crippen molar-refractivity contribution in [2.45, 2.75) is 13.0 Å². The quantitative estimate of drug-likeness (QED) is 0.711. The van der Waals surface area contributed by atoms with Crippen molar-refractivity contribution < 1.29 is 9.50 Å². The smallest absolute Gasteiger partial charge is 0.141 e. The topological polar surface area (TPSA) is 45.1 Å². The fourth-order valence-electron chi connectivity index (χ4n) is 0.733. The number of hydrogen-bond donors (Lipinski definition) is 2. The van der Waals surface area contributed by atoms with E-state index in [9.17, 15) is 4.39 Å². The molecule has 1 aromatic rings. The third-order valence-electron chi connectivity index (χ3n) is 1.31. The molecule has 1 rings (SSSR count). The lowest BCUT2D eigenvalue weighted by atomic mass is 10.4. The highest BCUT2D eigenvalue weighted by Gasteiger charge is 1.96. The third-order valence-corrected chi connectivity index (χ3v) is 1.31. The van der Waals surface area contributed by atoms with Crippen LogP contribution >= 0.6 is 0 Å². The van der Waals surface area contributed by atoms with Crippen molar-refractivity contribution in [3.63, 3.8) is 0 Å². The molecule has 1 aromatic heterocycles. The second-order valence-electron chi connectivity index (χ2n) is 2.59. The summed E-state index contributed by atoms with van der Waals surface area (Å²) < 4.78 is 12.3. The molecule has 0 saturated heterocycles. The highest BCUT2D eigenvalue weighted by molar-refractivity contribution is 5.33. The summed E-state index contributed by atoms with van der Waals surface area (Å²) >= 11 is 0. The van der Waals surface area contributed by atoms with Gasteiger partial charge in [0, 0.05) is 6.54 Å². The van der Waals surface area contributed by atoms with Gasteiger partial charge >= 0.3 is 0 Å². The predicted octanol–water partition coefficient (Wildman–Crippen LogP) is 1.01. The first kappa shape index (κ1) is 8.93. The molecule has 2 N–H and O–H groups in total. The Labute approximate surface area is 70.3 Å². The van der Waals surface area contributed by atoms with E-state index in [1.165, 1.54) is 12.1 Å². The van der Waals surface area contributed by atoms with Gasteiger partial charge in [0.1, 0.15) is 11.6 Å². The van der Waals surface area contributed by atoms with Gasteiger partial charge in [-0.05, 0) is 19.1 Å². The van der Waals surface area contributed by atoms with Gasteiger partial charge in [0.05, 0.1) is 12.3 Å². The molecule has 0 bridgehead atoms. The molecule has 0 aromatic carbocycles. The first-order valence-corrected chi connectivity index (χ1v) is 3.72. The first-order chi connectivity index (χ1) is 5.68. The summed E-state index contributed by atoms with van der Waals surface area (Å²) in [7, 11) is 0. The second kappa shape index (κ2) is 4.01. The fourth-order valence-corrected chi connectivity index (χ4v) is 0.733. The standard InChI is InChI=1S/C8H11FN2O/c1-6(12)4-10-8-3-2-7(9)5-11-8/h2-3,5-6,12H,4H2,1H3,(H,10,11)/t6-/m1/s1. The molecule has 1 atom stereocenters. The van der Waals surface area contributed by atoms with Crippen LogP contribution in [0.3, 0.4) is 0 Å². The van der Waals surface area contributed by atoms with E-state index in [-0.39, 0.29) is 5.82 Å². The first-order valence-electron chi connectivity index (χ1n) is 3.72. The molecule has 0 unspecified atom stereocenters. The highest BCUT2D eigenvalue weighted by Crippen LogP contribution is 2.02. The average Bonchev–Trinajstić information content (AvgIpc) is 2.03. The minimum atomic E-state index is -0.433. The van der Waals surface area contributed by atoms with Crippen molar-refractivity contribution in [1.82, 2.24) is 4.98 Å². The lowest BCUT2D eigenvalue weighted by Gasteiger charge is -2.06. The van der Waals surface area contributed by atoms with Gasteiger partial charge in [-0.15, -0.1) is 0 Å². The third kappa shape index (κ3) is 2.84. The fraction of sp³-hybridized carbons (Fsp3) is 0.375. The van der Waals surface area contributed by atoms with Crippen molar-refractivity contribution in [2.75, 3.05) is 11.9 Å². The molecule has 0 fully saturated rings. The van der Waals surface area contributed by atoms with Crippen LogP contribution in [-0.2, 0) is 0 Å². The summed E-state index contributed by atoms with van der Waals surface area (Å²) in [5.74, 6) is 0.204. The van der Waals surface area contributed by atoms with E-state index in [0.29, 0.717) is 12.4 Å². The maximum atomic E-state index is 12.3. The summed E-state index contributed by atoms with van der Waals surface area (Å²) in [6.07, 6.45) is 0.696. The predicted molar refractivity (Wildman–Crippen MR) is 44.4 cm³/mol. The number of hydrogen-bond acceptors (Lipinski definition) is 3. The lowest BCUT2D eigenvalue weighted by molar-refractivity contribution is 0.208. The number of aromatic nitrogens is 1. The zero-order valence-corrected chi connectivity index (χ0v) is 6.79. The monoisotopic (exact) mass is 170 g/mol. The SMILES string of the molecule is C[C@@H](O)CNc1ccc(F)cn1. The molecule has 1 heterocycles. The Morgan fingerprint density at radius 3 is 2.92 bits per heavy atom. The van der Waals surface area contributed by atoms with Crippen molar-refractivity contribution in [3.8, 4) is 0 Å². The van der Waals surface area contributed by atoms with Crippen LogP contribution in [0.15, 0.2) is 18.3 Å². The number of rotatable bonds is 3. The molecule has 0 saturated carbocycles. The van der Waals surface area contributed by atoms with E-state index in [1.807, 2.05) is 0 Å². The largest absolute Gasteiger partial charge is 0.392 e. The molecule has 12 heavy (non-hydrogen) atoms. The summed E-state index contributed by atoms with van der Waals surface area (Å²) in [5.41, 5.74) is 0. The van der Waals surface area contributed by atoms with Crippen molar-refractivity contribution in [1.29, 1.82) is 0 Å². The Kier molecular flexibility index (Phi) is 2.99. The molecule has 0 radical (unpaired) electrons. The molecular weight excluding hydrogens is 159 g/mol. The van der Waals surface area contributed by atoms with Crippen molar-refractivity contribution in [3.05, 3.63) is 24.1 Å². The van der Waals surface area contributed by atoms with E-state index in [1.54, 1.807) is 6.92 Å². The van der Waals surface area contributed by atoms with E-state index in [0.717, 1.165) is 6.20 Å². The molecular formula is C8H11FN2O. The van der Waals surface area contributed by atoms with Crippen LogP contribution < -0.4 is 5.32 Å². The zero-order valence-electron chi connectivity index (χ0n) is 6.79. The second-order valence-corrected chi connectivity index (χ2v) is 2.59. The summed E-state index contributed by atoms with van der Waals surface area (Å²) in [4.78, 5) is 3.75. The molecule has 4 heteroatoms. The lowest BCUT2D eigenvalue weighted by Crippen LogP contribution is -2.15. The van der Waals surface area contributed by atoms with Crippen LogP contribution in [0.25, 0.3) is 0 Å². The molecule has 0 spiro atoms. The van der Waals surface area contributed by atoms with Gasteiger partial charge in [-0.3, -0.25) is 0 Å². The minimum Gasteiger partial charge on any atom is -0.392 e. The Morgan fingerprint density at radius 2 is 2.42 bits per heavy atom. The number of anilines is 1. The Balaban J connectivity index is 2.48. The maximum absolute atomic E-state index is 12.3. The van der Waals surface area contributed by atoms with Crippen molar-refractivity contribution >= 4 is 5.82 Å². The number of aliphatic hydroxyl groups is 1. The molecule has 66 valence electrons. The molecule has 0 aliphatic rings. The van der Waals surface area contributed by atoms with Gasteiger partial charge in [-0.25, -0.2) is 9.37 Å². The van der Waals surface area contributed by atoms with Gasteiger partial charge in [0.2, 0.25) is 0 Å². The van der Waals surface area contributed by atoms with E-state index in [2.05, 4.69) is 10.3 Å². The van der Waals surface area contributed by atoms with Crippen LogP contribution in [0.1, 0.15) is 6.92 Å². The molecule has 0 aliphatic heterocycles. The number of nitrogens with zero attached hydrogens (tertiary/aromatic N) is 1. The van der Waals surface area contributed by atoms with E-state index >= 15 is 0 Å². The molecule has 3 nitrogen and oxygen atoms in total. The Bertz CT molecular complexity index is 235. The number of pyridine rings is 1. The van der Waals surface area contributed by atoms with Gasteiger partial charge < -0.3 is 10.4 Å². The summed E-state index contributed by atoms with van der Waals surface area (Å²) in [5, 5.41) is 11.7. The zero-order chi connectivity index (χ0) is 8.97. The Hall–Kier alpha value is -1.16. The summed E-state index contributed by atoms with van der Waals surface area (Å²) in [6, 6.07) is 2.84. The normalized spacial score (nSPS) is 12.6. The van der Waals surface area contributed by atoms with Crippen molar-refractivity contribution in [2.24, 2.45) is 0 Å². The van der Waals surface area contributed by atoms with E-state index in [4.69, 9.17) is 5.11 Å². The number of aliphatic hydroxyl groups excluding tert-OH is 1. The van der Waals surface area contributed by atoms with Crippen LogP contribution in [-0.4, -0.2) is 22.7 Å². The average molecular weight is 170 g/mol. The number of halogens is 1. The molecule has 0 aliphatic carbocycles. The minimum absolute atomic E-state index is 0.363. The van der Waals surface area contributed by atoms with Crippen LogP contribution in [0.5, 0.6) is 0 Å². The highest BCUT2D eigenvalue weighted by atomic mass is 19.1. The Morgan fingerprint density at radius 1 is 1.67 bits per heavy atom. The number of nitrogens with one attached hydrogen (secondary N) is 1. The van der Waals surface area contributed by atoms with Gasteiger partial charge in [-0.2, -0.15) is 0 Å². The van der Waals surface area contributed by atoms with Gasteiger partial charge in [0.15, 0.2) is 0 Å². The van der Waals surface area contributed by atoms with Crippen LogP contribution in [0, 0.1) is 5.82 Å². The van der Waals surface area contributed by atoms with Gasteiger partial charge in [0.25, 0.3) is 0 Å². The molecule has 0 amide bonds. The van der Waals surface area contributed by atoms with Crippen LogP contribution in [0.2, 0.25) is 0 Å². The maximum Gasteiger partial charge on any atom is 0.141 e. The summed E-state index contributed by atoms with van der Waals surface area (Å²) in [6.45, 7) is 2.08. The van der Waals surface area contributed by atoms with E-state index < -0.39 is 6.10 Å².